The van der Waals surface area contributed by atoms with Gasteiger partial charge >= 0.3 is 0 Å². The Bertz CT molecular complexity index is 701. The molecule has 1 heterocycles. The molecule has 0 bridgehead atoms. The summed E-state index contributed by atoms with van der Waals surface area (Å²) in [6.07, 6.45) is 0.786. The molecule has 1 aromatic rings. The number of hydrogen-bond donors (Lipinski definition) is 1. The highest BCUT2D eigenvalue weighted by atomic mass is 32.2. The summed E-state index contributed by atoms with van der Waals surface area (Å²) in [5, 5.41) is 8.60. The fourth-order valence-corrected chi connectivity index (χ4v) is 3.95. The zero-order valence-corrected chi connectivity index (χ0v) is 12.9. The van der Waals surface area contributed by atoms with Gasteiger partial charge in [0.2, 0.25) is 10.0 Å². The van der Waals surface area contributed by atoms with E-state index in [1.165, 1.54) is 16.4 Å². The predicted molar refractivity (Wildman–Crippen MR) is 77.5 cm³/mol. The SMILES string of the molecule is CC1(C)CCN(S(=O)(=O)c2ccc(C#CCO)c(F)c2)C1. The average Bonchev–Trinajstić information content (AvgIpc) is 2.78. The second-order valence-corrected chi connectivity index (χ2v) is 7.79. The maximum Gasteiger partial charge on any atom is 0.243 e. The Hall–Kier alpha value is -1.42. The van der Waals surface area contributed by atoms with Gasteiger partial charge in [0, 0.05) is 13.1 Å². The molecule has 0 atom stereocenters. The van der Waals surface area contributed by atoms with Crippen LogP contribution in [0.25, 0.3) is 0 Å². The normalized spacial score (nSPS) is 18.3. The quantitative estimate of drug-likeness (QED) is 0.844. The summed E-state index contributed by atoms with van der Waals surface area (Å²) in [5.41, 5.74) is 0.0165. The topological polar surface area (TPSA) is 57.6 Å². The molecule has 6 heteroatoms. The third-order valence-electron chi connectivity index (χ3n) is 3.52. The third-order valence-corrected chi connectivity index (χ3v) is 5.36. The lowest BCUT2D eigenvalue weighted by molar-refractivity contribution is 0.350. The molecule has 4 nitrogen and oxygen atoms in total. The van der Waals surface area contributed by atoms with Crippen molar-refractivity contribution in [1.29, 1.82) is 0 Å². The minimum Gasteiger partial charge on any atom is -0.384 e. The number of nitrogens with zero attached hydrogens (tertiary/aromatic N) is 1. The lowest BCUT2D eigenvalue weighted by Gasteiger charge is -2.19. The van der Waals surface area contributed by atoms with Crippen molar-refractivity contribution in [2.45, 2.75) is 25.2 Å². The molecule has 0 saturated carbocycles. The molecule has 0 aromatic heterocycles. The minimum atomic E-state index is -3.67. The van der Waals surface area contributed by atoms with Crippen molar-refractivity contribution in [3.63, 3.8) is 0 Å². The van der Waals surface area contributed by atoms with Gasteiger partial charge in [-0.1, -0.05) is 25.7 Å². The first-order valence-electron chi connectivity index (χ1n) is 6.66. The van der Waals surface area contributed by atoms with Gasteiger partial charge in [-0.15, -0.1) is 0 Å². The molecule has 1 aliphatic heterocycles. The molecule has 114 valence electrons. The first-order valence-corrected chi connectivity index (χ1v) is 8.10. The maximum absolute atomic E-state index is 13.9. The summed E-state index contributed by atoms with van der Waals surface area (Å²) in [6.45, 7) is 4.53. The first kappa shape index (κ1) is 16.0. The number of sulfonamides is 1. The van der Waals surface area contributed by atoms with Gasteiger partial charge in [-0.2, -0.15) is 4.31 Å². The van der Waals surface area contributed by atoms with Crippen molar-refractivity contribution in [1.82, 2.24) is 4.31 Å². The Kier molecular flexibility index (Phi) is 4.38. The van der Waals surface area contributed by atoms with Gasteiger partial charge in [-0.25, -0.2) is 12.8 Å². The van der Waals surface area contributed by atoms with Crippen LogP contribution in [-0.4, -0.2) is 37.5 Å². The van der Waals surface area contributed by atoms with Crippen LogP contribution in [0, 0.1) is 23.1 Å². The molecule has 1 aliphatic rings. The number of hydrogen-bond acceptors (Lipinski definition) is 3. The van der Waals surface area contributed by atoms with Crippen molar-refractivity contribution in [3.8, 4) is 11.8 Å². The Labute approximate surface area is 124 Å². The van der Waals surface area contributed by atoms with Gasteiger partial charge in [0.1, 0.15) is 12.4 Å². The average molecular weight is 311 g/mol. The molecule has 2 rings (SSSR count). The number of rotatable bonds is 2. The Balaban J connectivity index is 2.32. The van der Waals surface area contributed by atoms with Crippen molar-refractivity contribution in [3.05, 3.63) is 29.6 Å². The van der Waals surface area contributed by atoms with E-state index in [1.807, 2.05) is 13.8 Å². The highest BCUT2D eigenvalue weighted by molar-refractivity contribution is 7.89. The van der Waals surface area contributed by atoms with Crippen molar-refractivity contribution in [2.24, 2.45) is 5.41 Å². The molecular formula is C15H18FNO3S. The summed E-state index contributed by atoms with van der Waals surface area (Å²) in [4.78, 5) is -0.0627. The summed E-state index contributed by atoms with van der Waals surface area (Å²) in [6, 6.07) is 3.67. The molecule has 1 saturated heterocycles. The Morgan fingerprint density at radius 2 is 2.14 bits per heavy atom. The summed E-state index contributed by atoms with van der Waals surface area (Å²) >= 11 is 0. The Morgan fingerprint density at radius 3 is 2.67 bits per heavy atom. The predicted octanol–water partition coefficient (Wildman–Crippen LogP) is 1.59. The molecule has 0 amide bonds. The molecule has 0 aliphatic carbocycles. The van der Waals surface area contributed by atoms with Gasteiger partial charge in [-0.05, 0) is 30.0 Å². The largest absolute Gasteiger partial charge is 0.384 e. The van der Waals surface area contributed by atoms with Crippen LogP contribution in [0.15, 0.2) is 23.1 Å². The van der Waals surface area contributed by atoms with Crippen molar-refractivity contribution < 1.29 is 17.9 Å². The summed E-state index contributed by atoms with van der Waals surface area (Å²) < 4.78 is 40.2. The molecular weight excluding hydrogens is 293 g/mol. The van der Waals surface area contributed by atoms with Crippen molar-refractivity contribution in [2.75, 3.05) is 19.7 Å². The van der Waals surface area contributed by atoms with Crippen molar-refractivity contribution >= 4 is 10.0 Å². The number of aliphatic hydroxyl groups is 1. The van der Waals surface area contributed by atoms with E-state index in [9.17, 15) is 12.8 Å². The van der Waals surface area contributed by atoms with Crippen LogP contribution in [0.1, 0.15) is 25.8 Å². The lowest BCUT2D eigenvalue weighted by Crippen LogP contribution is -2.30. The number of halogens is 1. The molecule has 1 N–H and O–H groups in total. The molecule has 21 heavy (non-hydrogen) atoms. The van der Waals surface area contributed by atoms with E-state index >= 15 is 0 Å². The molecule has 0 spiro atoms. The monoisotopic (exact) mass is 311 g/mol. The first-order chi connectivity index (χ1) is 9.76. The van der Waals surface area contributed by atoms with E-state index in [2.05, 4.69) is 11.8 Å². The minimum absolute atomic E-state index is 0.0574. The lowest BCUT2D eigenvalue weighted by atomic mass is 9.93. The van der Waals surface area contributed by atoms with Crippen LogP contribution in [0.2, 0.25) is 0 Å². The van der Waals surface area contributed by atoms with E-state index in [0.29, 0.717) is 13.1 Å². The van der Waals surface area contributed by atoms with Crippen LogP contribution in [0.3, 0.4) is 0 Å². The zero-order valence-electron chi connectivity index (χ0n) is 12.1. The fraction of sp³-hybridized carbons (Fsp3) is 0.467. The van der Waals surface area contributed by atoms with Crippen LogP contribution >= 0.6 is 0 Å². The molecule has 1 fully saturated rings. The molecule has 1 aromatic carbocycles. The number of aliphatic hydroxyl groups excluding tert-OH is 1. The van der Waals surface area contributed by atoms with E-state index in [0.717, 1.165) is 12.5 Å². The zero-order chi connectivity index (χ0) is 15.7. The smallest absolute Gasteiger partial charge is 0.243 e. The third kappa shape index (κ3) is 3.43. The highest BCUT2D eigenvalue weighted by Gasteiger charge is 2.36. The Morgan fingerprint density at radius 1 is 1.43 bits per heavy atom. The van der Waals surface area contributed by atoms with Gasteiger partial charge < -0.3 is 5.11 Å². The van der Waals surface area contributed by atoms with Gasteiger partial charge in [0.25, 0.3) is 0 Å². The fourth-order valence-electron chi connectivity index (χ4n) is 2.31. The van der Waals surface area contributed by atoms with E-state index in [-0.39, 0.29) is 22.5 Å². The molecule has 0 radical (unpaired) electrons. The van der Waals surface area contributed by atoms with E-state index < -0.39 is 15.8 Å². The summed E-state index contributed by atoms with van der Waals surface area (Å²) in [7, 11) is -3.67. The van der Waals surface area contributed by atoms with Crippen LogP contribution < -0.4 is 0 Å². The van der Waals surface area contributed by atoms with Gasteiger partial charge in [0.05, 0.1) is 10.5 Å². The standard InChI is InChI=1S/C15H18FNO3S/c1-15(2)7-8-17(11-15)21(19,20)13-6-5-12(4-3-9-18)14(16)10-13/h5-6,10,18H,7-9,11H2,1-2H3. The van der Waals surface area contributed by atoms with Crippen LogP contribution in [-0.2, 0) is 10.0 Å². The van der Waals surface area contributed by atoms with Crippen LogP contribution in [0.4, 0.5) is 4.39 Å². The second kappa shape index (κ2) is 5.76. The highest BCUT2D eigenvalue weighted by Crippen LogP contribution is 2.32. The maximum atomic E-state index is 13.9. The van der Waals surface area contributed by atoms with Gasteiger partial charge in [0.15, 0.2) is 0 Å². The summed E-state index contributed by atoms with van der Waals surface area (Å²) in [5.74, 6) is 4.08. The number of benzene rings is 1. The van der Waals surface area contributed by atoms with Crippen LogP contribution in [0.5, 0.6) is 0 Å². The molecule has 0 unspecified atom stereocenters. The van der Waals surface area contributed by atoms with Gasteiger partial charge in [-0.3, -0.25) is 0 Å². The second-order valence-electron chi connectivity index (χ2n) is 5.85. The van der Waals surface area contributed by atoms with E-state index in [1.54, 1.807) is 0 Å². The van der Waals surface area contributed by atoms with E-state index in [4.69, 9.17) is 5.11 Å².